The van der Waals surface area contributed by atoms with Gasteiger partial charge in [-0.25, -0.2) is 12.7 Å². The van der Waals surface area contributed by atoms with Gasteiger partial charge in [0.05, 0.1) is 4.90 Å². The zero-order chi connectivity index (χ0) is 14.5. The highest BCUT2D eigenvalue weighted by Gasteiger charge is 2.18. The largest absolute Gasteiger partial charge is 0.398 e. The molecule has 1 aromatic rings. The van der Waals surface area contributed by atoms with E-state index < -0.39 is 10.0 Å². The minimum absolute atomic E-state index is 0.243. The van der Waals surface area contributed by atoms with Crippen LogP contribution in [0.2, 0.25) is 0 Å². The summed E-state index contributed by atoms with van der Waals surface area (Å²) >= 11 is 1.68. The number of anilines is 1. The van der Waals surface area contributed by atoms with E-state index in [1.807, 2.05) is 0 Å². The molecule has 0 aliphatic carbocycles. The Hall–Kier alpha value is -0.720. The fourth-order valence-electron chi connectivity index (χ4n) is 1.56. The van der Waals surface area contributed by atoms with Crippen molar-refractivity contribution >= 4 is 27.5 Å². The molecule has 1 aromatic carbocycles. The topological polar surface area (TPSA) is 63.4 Å². The van der Waals surface area contributed by atoms with Crippen LogP contribution in [0.15, 0.2) is 28.0 Å². The Kier molecular flexibility index (Phi) is 6.16. The van der Waals surface area contributed by atoms with Crippen molar-refractivity contribution < 1.29 is 8.42 Å². The van der Waals surface area contributed by atoms with Crippen LogP contribution in [0.4, 0.5) is 5.69 Å². The van der Waals surface area contributed by atoms with Gasteiger partial charge in [0.1, 0.15) is 0 Å². The van der Waals surface area contributed by atoms with Gasteiger partial charge in [-0.15, -0.1) is 11.8 Å². The predicted molar refractivity (Wildman–Crippen MR) is 82.0 cm³/mol. The number of sulfonamides is 1. The maximum Gasteiger partial charge on any atom is 0.242 e. The third-order valence-corrected chi connectivity index (χ3v) is 5.75. The number of benzene rings is 1. The Morgan fingerprint density at radius 1 is 1.26 bits per heavy atom. The maximum atomic E-state index is 12.0. The van der Waals surface area contributed by atoms with E-state index in [2.05, 4.69) is 6.92 Å². The van der Waals surface area contributed by atoms with Crippen LogP contribution in [-0.4, -0.2) is 32.6 Å². The molecule has 0 spiro atoms. The first kappa shape index (κ1) is 16.3. The van der Waals surface area contributed by atoms with Crippen molar-refractivity contribution in [3.05, 3.63) is 18.2 Å². The SMILES string of the molecule is CCCCCSc1ccc(S(=O)(=O)N(C)C)cc1N. The molecule has 19 heavy (non-hydrogen) atoms. The predicted octanol–water partition coefficient (Wildman–Crippen LogP) is 2.80. The van der Waals surface area contributed by atoms with Crippen molar-refractivity contribution in [1.29, 1.82) is 0 Å². The molecule has 6 heteroatoms. The molecule has 0 radical (unpaired) electrons. The van der Waals surface area contributed by atoms with Crippen LogP contribution >= 0.6 is 11.8 Å². The highest BCUT2D eigenvalue weighted by Crippen LogP contribution is 2.28. The van der Waals surface area contributed by atoms with Gasteiger partial charge in [-0.1, -0.05) is 19.8 Å². The molecule has 0 saturated heterocycles. The van der Waals surface area contributed by atoms with Crippen LogP contribution in [0.1, 0.15) is 26.2 Å². The number of nitrogens with zero attached hydrogens (tertiary/aromatic N) is 1. The van der Waals surface area contributed by atoms with Crippen LogP contribution < -0.4 is 5.73 Å². The van der Waals surface area contributed by atoms with E-state index in [4.69, 9.17) is 5.73 Å². The molecule has 0 heterocycles. The standard InChI is InChI=1S/C13H22N2O2S2/c1-4-5-6-9-18-13-8-7-11(10-12(13)14)19(16,17)15(2)3/h7-8,10H,4-6,9,14H2,1-3H3. The Bertz CT molecular complexity index is 513. The van der Waals surface area contributed by atoms with Gasteiger partial charge in [-0.2, -0.15) is 0 Å². The van der Waals surface area contributed by atoms with Crippen molar-refractivity contribution in [3.63, 3.8) is 0 Å². The number of hydrogen-bond acceptors (Lipinski definition) is 4. The molecule has 0 saturated carbocycles. The second-order valence-corrected chi connectivity index (χ2v) is 7.83. The first-order valence-corrected chi connectivity index (χ1v) is 8.77. The van der Waals surface area contributed by atoms with Gasteiger partial charge in [0.2, 0.25) is 10.0 Å². The molecule has 0 amide bonds. The van der Waals surface area contributed by atoms with Gasteiger partial charge < -0.3 is 5.73 Å². The van der Waals surface area contributed by atoms with Gasteiger partial charge in [0, 0.05) is 24.7 Å². The number of nitrogens with two attached hydrogens (primary N) is 1. The summed E-state index contributed by atoms with van der Waals surface area (Å²) in [6.45, 7) is 2.17. The van der Waals surface area contributed by atoms with E-state index in [0.29, 0.717) is 5.69 Å². The highest BCUT2D eigenvalue weighted by atomic mass is 32.2. The van der Waals surface area contributed by atoms with Crippen molar-refractivity contribution in [2.24, 2.45) is 0 Å². The molecule has 0 aliphatic heterocycles. The molecule has 4 nitrogen and oxygen atoms in total. The maximum absolute atomic E-state index is 12.0. The van der Waals surface area contributed by atoms with Crippen LogP contribution in [0, 0.1) is 0 Å². The third kappa shape index (κ3) is 4.40. The molecule has 0 aliphatic rings. The highest BCUT2D eigenvalue weighted by molar-refractivity contribution is 7.99. The summed E-state index contributed by atoms with van der Waals surface area (Å²) in [6, 6.07) is 4.95. The summed E-state index contributed by atoms with van der Waals surface area (Å²) in [7, 11) is -0.376. The normalized spacial score (nSPS) is 12.0. The molecule has 0 unspecified atom stereocenters. The van der Waals surface area contributed by atoms with Gasteiger partial charge in [-0.3, -0.25) is 0 Å². The smallest absolute Gasteiger partial charge is 0.242 e. The fourth-order valence-corrected chi connectivity index (χ4v) is 3.46. The van der Waals surface area contributed by atoms with Gasteiger partial charge in [0.25, 0.3) is 0 Å². The van der Waals surface area contributed by atoms with E-state index in [1.54, 1.807) is 23.9 Å². The average molecular weight is 302 g/mol. The van der Waals surface area contributed by atoms with E-state index in [1.165, 1.54) is 37.3 Å². The van der Waals surface area contributed by atoms with Gasteiger partial charge >= 0.3 is 0 Å². The van der Waals surface area contributed by atoms with Crippen molar-refractivity contribution in [1.82, 2.24) is 4.31 Å². The summed E-state index contributed by atoms with van der Waals surface area (Å²) in [5.74, 6) is 1.01. The molecule has 2 N–H and O–H groups in total. The molecule has 108 valence electrons. The molecule has 0 aromatic heterocycles. The van der Waals surface area contributed by atoms with Crippen LogP contribution in [0.25, 0.3) is 0 Å². The second kappa shape index (κ2) is 7.17. The Balaban J connectivity index is 2.81. The monoisotopic (exact) mass is 302 g/mol. The first-order chi connectivity index (χ1) is 8.89. The zero-order valence-corrected chi connectivity index (χ0v) is 13.4. The molecule has 1 rings (SSSR count). The van der Waals surface area contributed by atoms with E-state index in [0.717, 1.165) is 17.1 Å². The van der Waals surface area contributed by atoms with Gasteiger partial charge in [0.15, 0.2) is 0 Å². The number of hydrogen-bond donors (Lipinski definition) is 1. The fraction of sp³-hybridized carbons (Fsp3) is 0.538. The average Bonchev–Trinajstić information content (AvgIpc) is 2.35. The van der Waals surface area contributed by atoms with Crippen LogP contribution in [0.5, 0.6) is 0 Å². The second-order valence-electron chi connectivity index (χ2n) is 4.54. The van der Waals surface area contributed by atoms with E-state index in [9.17, 15) is 8.42 Å². The van der Waals surface area contributed by atoms with E-state index >= 15 is 0 Å². The van der Waals surface area contributed by atoms with Crippen molar-refractivity contribution in [2.45, 2.75) is 36.0 Å². The van der Waals surface area contributed by atoms with Crippen LogP contribution in [-0.2, 0) is 10.0 Å². The molecule has 0 atom stereocenters. The molecule has 0 fully saturated rings. The first-order valence-electron chi connectivity index (χ1n) is 6.34. The Labute approximate surface area is 120 Å². The molecular weight excluding hydrogens is 280 g/mol. The number of unbranched alkanes of at least 4 members (excludes halogenated alkanes) is 2. The number of thioether (sulfide) groups is 1. The van der Waals surface area contributed by atoms with Crippen molar-refractivity contribution in [3.8, 4) is 0 Å². The minimum atomic E-state index is -3.40. The summed E-state index contributed by atoms with van der Waals surface area (Å²) < 4.78 is 25.1. The lowest BCUT2D eigenvalue weighted by Crippen LogP contribution is -2.22. The quantitative estimate of drug-likeness (QED) is 0.478. The lowest BCUT2D eigenvalue weighted by atomic mass is 10.3. The number of nitrogen functional groups attached to an aromatic ring is 1. The van der Waals surface area contributed by atoms with Crippen molar-refractivity contribution in [2.75, 3.05) is 25.6 Å². The lowest BCUT2D eigenvalue weighted by molar-refractivity contribution is 0.520. The van der Waals surface area contributed by atoms with Gasteiger partial charge in [-0.05, 0) is 30.4 Å². The summed E-state index contributed by atoms with van der Waals surface area (Å²) in [4.78, 5) is 1.20. The molecule has 0 bridgehead atoms. The van der Waals surface area contributed by atoms with E-state index in [-0.39, 0.29) is 4.90 Å². The van der Waals surface area contributed by atoms with Crippen LogP contribution in [0.3, 0.4) is 0 Å². The molecular formula is C13H22N2O2S2. The zero-order valence-electron chi connectivity index (χ0n) is 11.7. The summed E-state index contributed by atoms with van der Waals surface area (Å²) in [5.41, 5.74) is 6.46. The third-order valence-electron chi connectivity index (χ3n) is 2.77. The lowest BCUT2D eigenvalue weighted by Gasteiger charge is -2.13. The minimum Gasteiger partial charge on any atom is -0.398 e. The Morgan fingerprint density at radius 2 is 1.95 bits per heavy atom. The summed E-state index contributed by atoms with van der Waals surface area (Å²) in [5, 5.41) is 0. The Morgan fingerprint density at radius 3 is 2.47 bits per heavy atom. The number of rotatable bonds is 7. The summed E-state index contributed by atoms with van der Waals surface area (Å²) in [6.07, 6.45) is 3.55.